The summed E-state index contributed by atoms with van der Waals surface area (Å²) >= 11 is 15.4. The smallest absolute Gasteiger partial charge is 0.252 e. The van der Waals surface area contributed by atoms with Crippen molar-refractivity contribution in [2.24, 2.45) is 11.8 Å². The van der Waals surface area contributed by atoms with Crippen molar-refractivity contribution in [2.45, 2.75) is 25.7 Å². The Hall–Kier alpha value is -0.250. The molecule has 1 aliphatic carbocycles. The highest BCUT2D eigenvalue weighted by molar-refractivity contribution is 9.10. The highest BCUT2D eigenvalue weighted by Crippen LogP contribution is 2.30. The molecule has 0 aromatic heterocycles. The second kappa shape index (κ2) is 7.67. The minimum atomic E-state index is -0.116. The molecule has 0 saturated heterocycles. The van der Waals surface area contributed by atoms with Gasteiger partial charge in [-0.2, -0.15) is 0 Å². The van der Waals surface area contributed by atoms with E-state index in [0.29, 0.717) is 34.8 Å². The number of halogens is 3. The van der Waals surface area contributed by atoms with Gasteiger partial charge in [-0.05, 0) is 42.9 Å². The second-order valence-electron chi connectivity index (χ2n) is 5.29. The van der Waals surface area contributed by atoms with Gasteiger partial charge in [-0.25, -0.2) is 0 Å². The summed E-state index contributed by atoms with van der Waals surface area (Å²) in [6.45, 7) is 0.680. The topological polar surface area (TPSA) is 29.1 Å². The van der Waals surface area contributed by atoms with Crippen LogP contribution in [0.5, 0.6) is 0 Å². The second-order valence-corrected chi connectivity index (χ2v) is 6.92. The summed E-state index contributed by atoms with van der Waals surface area (Å²) in [7, 11) is 0. The molecule has 1 N–H and O–H groups in total. The van der Waals surface area contributed by atoms with Gasteiger partial charge in [-0.3, -0.25) is 4.79 Å². The fourth-order valence-corrected chi connectivity index (χ4v) is 3.72. The van der Waals surface area contributed by atoms with Gasteiger partial charge in [0, 0.05) is 16.9 Å². The first-order valence-electron chi connectivity index (χ1n) is 6.91. The maximum Gasteiger partial charge on any atom is 0.252 e. The van der Waals surface area contributed by atoms with Crippen LogP contribution in [0.15, 0.2) is 22.7 Å². The fraction of sp³-hybridized carbons (Fsp3) is 0.533. The van der Waals surface area contributed by atoms with Crippen molar-refractivity contribution in [3.05, 3.63) is 33.3 Å². The van der Waals surface area contributed by atoms with Gasteiger partial charge in [0.05, 0.1) is 10.6 Å². The molecule has 2 rings (SSSR count). The maximum atomic E-state index is 12.2. The summed E-state index contributed by atoms with van der Waals surface area (Å²) in [5.74, 6) is 1.56. The lowest BCUT2D eigenvalue weighted by Gasteiger charge is -2.30. The number of carbonyl (C=O) groups is 1. The van der Waals surface area contributed by atoms with Gasteiger partial charge in [-0.15, -0.1) is 11.6 Å². The molecule has 1 amide bonds. The summed E-state index contributed by atoms with van der Waals surface area (Å²) in [6.07, 6.45) is 4.79. The van der Waals surface area contributed by atoms with Crippen LogP contribution in [0.1, 0.15) is 36.0 Å². The van der Waals surface area contributed by atoms with E-state index < -0.39 is 0 Å². The third kappa shape index (κ3) is 4.12. The number of nitrogens with one attached hydrogen (secondary N) is 1. The van der Waals surface area contributed by atoms with Crippen molar-refractivity contribution in [3.8, 4) is 0 Å². The highest BCUT2D eigenvalue weighted by atomic mass is 79.9. The van der Waals surface area contributed by atoms with Crippen LogP contribution in [0.25, 0.3) is 0 Å². The molecule has 1 aromatic carbocycles. The van der Waals surface area contributed by atoms with Crippen LogP contribution >= 0.6 is 39.1 Å². The van der Waals surface area contributed by atoms with Crippen molar-refractivity contribution in [1.29, 1.82) is 0 Å². The average Bonchev–Trinajstić information content (AvgIpc) is 2.47. The highest BCUT2D eigenvalue weighted by Gasteiger charge is 2.25. The molecule has 5 heteroatoms. The Balaban J connectivity index is 1.96. The molecule has 20 heavy (non-hydrogen) atoms. The zero-order chi connectivity index (χ0) is 14.5. The van der Waals surface area contributed by atoms with E-state index >= 15 is 0 Å². The third-order valence-corrected chi connectivity index (χ3v) is 5.18. The van der Waals surface area contributed by atoms with Crippen molar-refractivity contribution in [3.63, 3.8) is 0 Å². The van der Waals surface area contributed by atoms with E-state index in [1.807, 2.05) is 6.07 Å². The summed E-state index contributed by atoms with van der Waals surface area (Å²) in [4.78, 5) is 12.2. The first-order valence-corrected chi connectivity index (χ1v) is 8.61. The van der Waals surface area contributed by atoms with Crippen LogP contribution in [0.3, 0.4) is 0 Å². The Morgan fingerprint density at radius 2 is 2.00 bits per heavy atom. The number of hydrogen-bond acceptors (Lipinski definition) is 1. The first-order chi connectivity index (χ1) is 9.61. The summed E-state index contributed by atoms with van der Waals surface area (Å²) in [6, 6.07) is 5.30. The average molecular weight is 379 g/mol. The molecule has 1 saturated carbocycles. The molecular formula is C15H18BrCl2NO. The van der Waals surface area contributed by atoms with Gasteiger partial charge in [0.15, 0.2) is 0 Å². The molecule has 0 spiro atoms. The van der Waals surface area contributed by atoms with Crippen LogP contribution in [0, 0.1) is 11.8 Å². The fourth-order valence-electron chi connectivity index (χ4n) is 2.75. The molecule has 2 atom stereocenters. The van der Waals surface area contributed by atoms with Gasteiger partial charge in [0.1, 0.15) is 0 Å². The van der Waals surface area contributed by atoms with Crippen LogP contribution in [-0.4, -0.2) is 18.3 Å². The van der Waals surface area contributed by atoms with Gasteiger partial charge in [0.2, 0.25) is 0 Å². The van der Waals surface area contributed by atoms with Gasteiger partial charge in [0.25, 0.3) is 5.91 Å². The predicted molar refractivity (Wildman–Crippen MR) is 87.7 cm³/mol. The third-order valence-electron chi connectivity index (χ3n) is 3.96. The SMILES string of the molecule is O=C(NCC1CCCCC1CCl)c1cc(Br)ccc1Cl. The number of alkyl halides is 1. The van der Waals surface area contributed by atoms with E-state index in [2.05, 4.69) is 21.2 Å². The van der Waals surface area contributed by atoms with Gasteiger partial charge >= 0.3 is 0 Å². The van der Waals surface area contributed by atoms with E-state index in [1.165, 1.54) is 19.3 Å². The molecule has 1 aliphatic rings. The first kappa shape index (κ1) is 16.1. The minimum absolute atomic E-state index is 0.116. The van der Waals surface area contributed by atoms with E-state index in [4.69, 9.17) is 23.2 Å². The Bertz CT molecular complexity index is 481. The van der Waals surface area contributed by atoms with Crippen LogP contribution in [0.2, 0.25) is 5.02 Å². The molecule has 1 aromatic rings. The maximum absolute atomic E-state index is 12.2. The number of hydrogen-bond donors (Lipinski definition) is 1. The number of benzene rings is 1. The molecule has 0 aliphatic heterocycles. The number of rotatable bonds is 4. The molecule has 0 bridgehead atoms. The van der Waals surface area contributed by atoms with E-state index in [-0.39, 0.29) is 5.91 Å². The normalized spacial score (nSPS) is 22.6. The van der Waals surface area contributed by atoms with Gasteiger partial charge < -0.3 is 5.32 Å². The van der Waals surface area contributed by atoms with Crippen molar-refractivity contribution >= 4 is 45.0 Å². The minimum Gasteiger partial charge on any atom is -0.352 e. The lowest BCUT2D eigenvalue weighted by atomic mass is 9.80. The Morgan fingerprint density at radius 1 is 1.30 bits per heavy atom. The van der Waals surface area contributed by atoms with Crippen LogP contribution < -0.4 is 5.32 Å². The van der Waals surface area contributed by atoms with Crippen LogP contribution in [-0.2, 0) is 0 Å². The molecule has 2 nitrogen and oxygen atoms in total. The lowest BCUT2D eigenvalue weighted by Crippen LogP contribution is -2.35. The van der Waals surface area contributed by atoms with Crippen molar-refractivity contribution in [2.75, 3.05) is 12.4 Å². The van der Waals surface area contributed by atoms with Gasteiger partial charge in [-0.1, -0.05) is 40.4 Å². The summed E-state index contributed by atoms with van der Waals surface area (Å²) in [5.41, 5.74) is 0.513. The quantitative estimate of drug-likeness (QED) is 0.743. The molecular weight excluding hydrogens is 361 g/mol. The summed E-state index contributed by atoms with van der Waals surface area (Å²) in [5, 5.41) is 3.47. The monoisotopic (exact) mass is 377 g/mol. The summed E-state index contributed by atoms with van der Waals surface area (Å²) < 4.78 is 0.850. The lowest BCUT2D eigenvalue weighted by molar-refractivity contribution is 0.0937. The van der Waals surface area contributed by atoms with E-state index in [0.717, 1.165) is 10.9 Å². The molecule has 0 heterocycles. The molecule has 0 radical (unpaired) electrons. The molecule has 1 fully saturated rings. The Labute approximate surface area is 138 Å². The van der Waals surface area contributed by atoms with E-state index in [9.17, 15) is 4.79 Å². The molecule has 2 unspecified atom stereocenters. The van der Waals surface area contributed by atoms with E-state index in [1.54, 1.807) is 12.1 Å². The Morgan fingerprint density at radius 3 is 2.70 bits per heavy atom. The zero-order valence-electron chi connectivity index (χ0n) is 11.2. The zero-order valence-corrected chi connectivity index (χ0v) is 14.3. The van der Waals surface area contributed by atoms with Crippen LogP contribution in [0.4, 0.5) is 0 Å². The van der Waals surface area contributed by atoms with Crippen molar-refractivity contribution in [1.82, 2.24) is 5.32 Å². The predicted octanol–water partition coefficient (Wildman–Crippen LogP) is 4.88. The largest absolute Gasteiger partial charge is 0.352 e. The number of amides is 1. The number of carbonyl (C=O) groups excluding carboxylic acids is 1. The van der Waals surface area contributed by atoms with Crippen molar-refractivity contribution < 1.29 is 4.79 Å². The standard InChI is InChI=1S/C15H18BrCl2NO/c16-12-5-6-14(18)13(7-12)15(20)19-9-11-4-2-1-3-10(11)8-17/h5-7,10-11H,1-4,8-9H2,(H,19,20). The molecule has 110 valence electrons. The Kier molecular flexibility index (Phi) is 6.19.